The van der Waals surface area contributed by atoms with Crippen LogP contribution in [0.2, 0.25) is 0 Å². The van der Waals surface area contributed by atoms with Gasteiger partial charge in [0.25, 0.3) is 0 Å². The van der Waals surface area contributed by atoms with Crippen molar-refractivity contribution in [3.8, 4) is 0 Å². The summed E-state index contributed by atoms with van der Waals surface area (Å²) in [5, 5.41) is 11.5. The van der Waals surface area contributed by atoms with Gasteiger partial charge >= 0.3 is 5.97 Å². The molecule has 0 aliphatic rings. The fourth-order valence-corrected chi connectivity index (χ4v) is 1.79. The predicted octanol–water partition coefficient (Wildman–Crippen LogP) is 0.264. The van der Waals surface area contributed by atoms with Crippen molar-refractivity contribution in [1.29, 1.82) is 0 Å². The summed E-state index contributed by atoms with van der Waals surface area (Å²) >= 11 is 0. The van der Waals surface area contributed by atoms with Crippen molar-refractivity contribution in [3.05, 3.63) is 0 Å². The van der Waals surface area contributed by atoms with Gasteiger partial charge < -0.3 is 10.4 Å². The summed E-state index contributed by atoms with van der Waals surface area (Å²) < 4.78 is 21.6. The lowest BCUT2D eigenvalue weighted by molar-refractivity contribution is -0.137. The first-order valence-electron chi connectivity index (χ1n) is 4.94. The summed E-state index contributed by atoms with van der Waals surface area (Å²) in [5.41, 5.74) is 0. The number of hydrogen-bond acceptors (Lipinski definition) is 4. The lowest BCUT2D eigenvalue weighted by atomic mass is 10.2. The summed E-state index contributed by atoms with van der Waals surface area (Å²) in [6.07, 6.45) is 2.48. The highest BCUT2D eigenvalue weighted by Gasteiger charge is 2.05. The highest BCUT2D eigenvalue weighted by atomic mass is 32.2. The third-order valence-corrected chi connectivity index (χ3v) is 3.01. The maximum atomic E-state index is 10.8. The molecule has 0 spiro atoms. The molecule has 0 bridgehead atoms. The van der Waals surface area contributed by atoms with Crippen LogP contribution < -0.4 is 5.32 Å². The summed E-state index contributed by atoms with van der Waals surface area (Å²) in [6, 6.07) is 0.112. The standard InChI is InChI=1S/C9H19NO4S/c1-8(4-5-9(11)12)10-6-3-7-15(2,13)14/h8,10H,3-7H2,1-2H3,(H,11,12). The van der Waals surface area contributed by atoms with Crippen molar-refractivity contribution in [2.75, 3.05) is 18.6 Å². The van der Waals surface area contributed by atoms with Gasteiger partial charge in [-0.15, -0.1) is 0 Å². The van der Waals surface area contributed by atoms with Crippen LogP contribution in [0.25, 0.3) is 0 Å². The molecule has 2 N–H and O–H groups in total. The average Bonchev–Trinajstić information content (AvgIpc) is 2.07. The molecule has 0 aliphatic carbocycles. The van der Waals surface area contributed by atoms with Crippen LogP contribution in [0.15, 0.2) is 0 Å². The second-order valence-corrected chi connectivity index (χ2v) is 6.03. The van der Waals surface area contributed by atoms with Crippen LogP contribution in [0, 0.1) is 0 Å². The first kappa shape index (κ1) is 14.4. The second kappa shape index (κ2) is 6.79. The Morgan fingerprint density at radius 1 is 1.47 bits per heavy atom. The average molecular weight is 237 g/mol. The van der Waals surface area contributed by atoms with Gasteiger partial charge in [-0.05, 0) is 26.3 Å². The molecule has 1 atom stereocenters. The topological polar surface area (TPSA) is 83.5 Å². The van der Waals surface area contributed by atoms with Gasteiger partial charge in [-0.3, -0.25) is 4.79 Å². The maximum absolute atomic E-state index is 10.8. The number of nitrogens with one attached hydrogen (secondary N) is 1. The monoisotopic (exact) mass is 237 g/mol. The van der Waals surface area contributed by atoms with E-state index in [0.29, 0.717) is 19.4 Å². The molecule has 0 saturated heterocycles. The van der Waals surface area contributed by atoms with Crippen molar-refractivity contribution >= 4 is 15.8 Å². The van der Waals surface area contributed by atoms with E-state index in [-0.39, 0.29) is 18.2 Å². The third kappa shape index (κ3) is 11.3. The molecule has 0 amide bonds. The Morgan fingerprint density at radius 2 is 2.07 bits per heavy atom. The van der Waals surface area contributed by atoms with Gasteiger partial charge in [0.05, 0.1) is 5.75 Å². The molecular weight excluding hydrogens is 218 g/mol. The van der Waals surface area contributed by atoms with E-state index in [0.717, 1.165) is 0 Å². The van der Waals surface area contributed by atoms with Gasteiger partial charge in [-0.25, -0.2) is 8.42 Å². The quantitative estimate of drug-likeness (QED) is 0.592. The molecule has 0 aromatic heterocycles. The maximum Gasteiger partial charge on any atom is 0.303 e. The molecule has 0 aromatic rings. The minimum atomic E-state index is -2.88. The van der Waals surface area contributed by atoms with E-state index in [1.807, 2.05) is 6.92 Å². The van der Waals surface area contributed by atoms with E-state index in [2.05, 4.69) is 5.32 Å². The summed E-state index contributed by atoms with van der Waals surface area (Å²) in [4.78, 5) is 10.3. The molecule has 0 heterocycles. The van der Waals surface area contributed by atoms with Crippen LogP contribution in [0.5, 0.6) is 0 Å². The van der Waals surface area contributed by atoms with E-state index in [1.165, 1.54) is 6.26 Å². The Morgan fingerprint density at radius 3 is 2.53 bits per heavy atom. The Labute approximate surface area is 90.8 Å². The molecule has 0 aliphatic heterocycles. The zero-order valence-corrected chi connectivity index (χ0v) is 10.0. The molecule has 5 nitrogen and oxygen atoms in total. The largest absolute Gasteiger partial charge is 0.481 e. The number of carboxylic acid groups (broad SMARTS) is 1. The van der Waals surface area contributed by atoms with Crippen LogP contribution in [0.1, 0.15) is 26.2 Å². The second-order valence-electron chi connectivity index (χ2n) is 3.77. The van der Waals surface area contributed by atoms with Gasteiger partial charge in [-0.2, -0.15) is 0 Å². The normalized spacial score (nSPS) is 13.7. The van der Waals surface area contributed by atoms with Crippen LogP contribution in [-0.4, -0.2) is 44.1 Å². The zero-order valence-electron chi connectivity index (χ0n) is 9.19. The van der Waals surface area contributed by atoms with E-state index in [4.69, 9.17) is 5.11 Å². The highest BCUT2D eigenvalue weighted by molar-refractivity contribution is 7.90. The smallest absolute Gasteiger partial charge is 0.303 e. The van der Waals surface area contributed by atoms with Gasteiger partial charge in [0.2, 0.25) is 0 Å². The summed E-state index contributed by atoms with van der Waals surface area (Å²) in [7, 11) is -2.88. The van der Waals surface area contributed by atoms with Crippen molar-refractivity contribution in [1.82, 2.24) is 5.32 Å². The summed E-state index contributed by atoms with van der Waals surface area (Å²) in [5.74, 6) is -0.633. The third-order valence-electron chi connectivity index (χ3n) is 1.98. The van der Waals surface area contributed by atoms with Crippen molar-refractivity contribution < 1.29 is 18.3 Å². The summed E-state index contributed by atoms with van der Waals surface area (Å²) in [6.45, 7) is 2.50. The first-order valence-corrected chi connectivity index (χ1v) is 7.00. The number of sulfone groups is 1. The van der Waals surface area contributed by atoms with Crippen molar-refractivity contribution in [3.63, 3.8) is 0 Å². The minimum absolute atomic E-state index is 0.112. The Kier molecular flexibility index (Phi) is 6.51. The molecular formula is C9H19NO4S. The Bertz CT molecular complexity index is 286. The molecule has 0 fully saturated rings. The number of carboxylic acids is 1. The lowest BCUT2D eigenvalue weighted by Crippen LogP contribution is -2.28. The molecule has 1 unspecified atom stereocenters. The molecule has 0 rings (SSSR count). The molecule has 0 aromatic carbocycles. The Balaban J connectivity index is 3.47. The Hall–Kier alpha value is -0.620. The fraction of sp³-hybridized carbons (Fsp3) is 0.889. The van der Waals surface area contributed by atoms with Gasteiger partial charge in [0, 0.05) is 18.7 Å². The number of hydrogen-bond donors (Lipinski definition) is 2. The zero-order chi connectivity index (χ0) is 11.9. The van der Waals surface area contributed by atoms with E-state index in [1.54, 1.807) is 0 Å². The highest BCUT2D eigenvalue weighted by Crippen LogP contribution is 1.96. The lowest BCUT2D eigenvalue weighted by Gasteiger charge is -2.11. The van der Waals surface area contributed by atoms with Crippen LogP contribution in [0.4, 0.5) is 0 Å². The van der Waals surface area contributed by atoms with Gasteiger partial charge in [0.15, 0.2) is 0 Å². The number of aliphatic carboxylic acids is 1. The molecule has 6 heteroatoms. The molecule has 90 valence electrons. The van der Waals surface area contributed by atoms with E-state index < -0.39 is 15.8 Å². The van der Waals surface area contributed by atoms with Crippen LogP contribution in [0.3, 0.4) is 0 Å². The molecule has 0 saturated carbocycles. The molecule has 15 heavy (non-hydrogen) atoms. The molecule has 0 radical (unpaired) electrons. The number of carbonyl (C=O) groups is 1. The van der Waals surface area contributed by atoms with Gasteiger partial charge in [-0.1, -0.05) is 0 Å². The van der Waals surface area contributed by atoms with E-state index >= 15 is 0 Å². The fourth-order valence-electron chi connectivity index (χ4n) is 1.12. The first-order chi connectivity index (χ1) is 6.81. The minimum Gasteiger partial charge on any atom is -0.481 e. The predicted molar refractivity (Wildman–Crippen MR) is 58.7 cm³/mol. The van der Waals surface area contributed by atoms with Crippen LogP contribution >= 0.6 is 0 Å². The van der Waals surface area contributed by atoms with Crippen molar-refractivity contribution in [2.45, 2.75) is 32.2 Å². The van der Waals surface area contributed by atoms with Gasteiger partial charge in [0.1, 0.15) is 9.84 Å². The SMILES string of the molecule is CC(CCC(=O)O)NCCCS(C)(=O)=O. The van der Waals surface area contributed by atoms with E-state index in [9.17, 15) is 13.2 Å². The van der Waals surface area contributed by atoms with Crippen LogP contribution in [-0.2, 0) is 14.6 Å². The van der Waals surface area contributed by atoms with Crippen molar-refractivity contribution in [2.24, 2.45) is 0 Å². The number of rotatable bonds is 8.